The van der Waals surface area contributed by atoms with Crippen molar-refractivity contribution in [3.8, 4) is 0 Å². The van der Waals surface area contributed by atoms with Crippen molar-refractivity contribution < 1.29 is 24.6 Å². The minimum atomic E-state index is -2.07. The minimum Gasteiger partial charge on any atom is -0.479 e. The first-order valence-corrected chi connectivity index (χ1v) is 8.32. The van der Waals surface area contributed by atoms with Crippen LogP contribution in [0.4, 0.5) is 0 Å². The first-order chi connectivity index (χ1) is 11.5. The number of carbonyl (C=O) groups excluding carboxylic acids is 2. The molecule has 10 heteroatoms. The Bertz CT molecular complexity index is 804. The summed E-state index contributed by atoms with van der Waals surface area (Å²) in [5, 5.41) is 28.4. The lowest BCUT2D eigenvalue weighted by molar-refractivity contribution is -0.156. The molecule has 4 N–H and O–H groups in total. The number of aromatic nitrogens is 2. The van der Waals surface area contributed by atoms with Crippen LogP contribution in [0.1, 0.15) is 29.2 Å². The van der Waals surface area contributed by atoms with E-state index in [0.29, 0.717) is 4.88 Å². The third kappa shape index (κ3) is 3.97. The molecule has 0 saturated carbocycles. The second-order valence-corrected chi connectivity index (χ2v) is 7.06. The standard InChI is InChI=1S/C15H20N4O5S/c1-7-9-5-10(25-13(9)19(4)18-7)12(21)17-8(2)11(20)16-6-15(3,24)14(22)23/h5,8,24H,6H2,1-4H3,(H,16,20)(H,17,21)(H,22,23). The third-order valence-electron chi connectivity index (χ3n) is 3.73. The van der Waals surface area contributed by atoms with Gasteiger partial charge in [0.1, 0.15) is 10.9 Å². The van der Waals surface area contributed by atoms with Gasteiger partial charge in [-0.2, -0.15) is 5.10 Å². The van der Waals surface area contributed by atoms with Crippen LogP contribution < -0.4 is 10.6 Å². The number of thiophene rings is 1. The average molecular weight is 368 g/mol. The summed E-state index contributed by atoms with van der Waals surface area (Å²) >= 11 is 1.27. The SMILES string of the molecule is Cc1nn(C)c2sc(C(=O)NC(C)C(=O)NCC(C)(O)C(=O)O)cc12. The molecule has 0 aliphatic carbocycles. The quantitative estimate of drug-likeness (QED) is 0.568. The van der Waals surface area contributed by atoms with Crippen LogP contribution in [0.25, 0.3) is 10.2 Å². The van der Waals surface area contributed by atoms with Crippen molar-refractivity contribution in [1.82, 2.24) is 20.4 Å². The number of aliphatic hydroxyl groups is 1. The predicted octanol–water partition coefficient (Wildman–Crippen LogP) is 0.0133. The Balaban J connectivity index is 2.00. The normalized spacial score (nSPS) is 14.8. The van der Waals surface area contributed by atoms with Crippen LogP contribution in [0.15, 0.2) is 6.07 Å². The summed E-state index contributed by atoms with van der Waals surface area (Å²) in [6.45, 7) is 3.94. The fraction of sp³-hybridized carbons (Fsp3) is 0.467. The van der Waals surface area contributed by atoms with E-state index < -0.39 is 36.0 Å². The molecule has 2 aromatic heterocycles. The Morgan fingerprint density at radius 3 is 2.64 bits per heavy atom. The molecule has 0 saturated heterocycles. The van der Waals surface area contributed by atoms with Crippen LogP contribution in [0.2, 0.25) is 0 Å². The summed E-state index contributed by atoms with van der Waals surface area (Å²) < 4.78 is 1.69. The maximum Gasteiger partial charge on any atom is 0.337 e. The second kappa shape index (κ2) is 6.81. The molecule has 0 aliphatic rings. The molecule has 2 aromatic rings. The lowest BCUT2D eigenvalue weighted by Gasteiger charge is -2.20. The number of hydrogen-bond acceptors (Lipinski definition) is 6. The third-order valence-corrected chi connectivity index (χ3v) is 4.93. The Labute approximate surface area is 147 Å². The Morgan fingerprint density at radius 2 is 2.08 bits per heavy atom. The highest BCUT2D eigenvalue weighted by atomic mass is 32.1. The van der Waals surface area contributed by atoms with Gasteiger partial charge in [0.2, 0.25) is 5.91 Å². The fourth-order valence-electron chi connectivity index (χ4n) is 2.14. The number of nitrogens with zero attached hydrogens (tertiary/aromatic N) is 2. The monoisotopic (exact) mass is 368 g/mol. The fourth-order valence-corrected chi connectivity index (χ4v) is 3.16. The van der Waals surface area contributed by atoms with Crippen molar-refractivity contribution in [2.75, 3.05) is 6.54 Å². The molecule has 136 valence electrons. The van der Waals surface area contributed by atoms with E-state index in [2.05, 4.69) is 15.7 Å². The smallest absolute Gasteiger partial charge is 0.337 e. The molecule has 2 rings (SSSR count). The number of aliphatic carboxylic acids is 1. The van der Waals surface area contributed by atoms with Gasteiger partial charge < -0.3 is 20.8 Å². The van der Waals surface area contributed by atoms with E-state index in [0.717, 1.165) is 22.8 Å². The number of fused-ring (bicyclic) bond motifs is 1. The zero-order valence-corrected chi connectivity index (χ0v) is 15.1. The van der Waals surface area contributed by atoms with Crippen molar-refractivity contribution in [2.45, 2.75) is 32.4 Å². The molecule has 25 heavy (non-hydrogen) atoms. The molecule has 0 aliphatic heterocycles. The Morgan fingerprint density at radius 1 is 1.44 bits per heavy atom. The van der Waals surface area contributed by atoms with Crippen molar-refractivity contribution in [3.05, 3.63) is 16.6 Å². The minimum absolute atomic E-state index is 0.409. The van der Waals surface area contributed by atoms with Gasteiger partial charge in [0.15, 0.2) is 5.60 Å². The van der Waals surface area contributed by atoms with E-state index in [1.54, 1.807) is 17.8 Å². The van der Waals surface area contributed by atoms with Crippen molar-refractivity contribution in [2.24, 2.45) is 7.05 Å². The van der Waals surface area contributed by atoms with E-state index in [1.807, 2.05) is 6.92 Å². The summed E-state index contributed by atoms with van der Waals surface area (Å²) in [7, 11) is 1.79. The summed E-state index contributed by atoms with van der Waals surface area (Å²) in [6.07, 6.45) is 0. The number of hydrogen-bond donors (Lipinski definition) is 4. The van der Waals surface area contributed by atoms with Gasteiger partial charge in [0, 0.05) is 12.4 Å². The van der Waals surface area contributed by atoms with Gasteiger partial charge in [-0.05, 0) is 26.8 Å². The predicted molar refractivity (Wildman–Crippen MR) is 91.5 cm³/mol. The molecular weight excluding hydrogens is 348 g/mol. The lowest BCUT2D eigenvalue weighted by atomic mass is 10.1. The molecule has 9 nitrogen and oxygen atoms in total. The molecule has 2 amide bonds. The van der Waals surface area contributed by atoms with Gasteiger partial charge in [-0.1, -0.05) is 0 Å². The molecule has 0 aromatic carbocycles. The number of carboxylic acids is 1. The van der Waals surface area contributed by atoms with Crippen LogP contribution in [0.3, 0.4) is 0 Å². The van der Waals surface area contributed by atoms with Crippen molar-refractivity contribution in [3.63, 3.8) is 0 Å². The van der Waals surface area contributed by atoms with Crippen LogP contribution in [0.5, 0.6) is 0 Å². The van der Waals surface area contributed by atoms with E-state index in [-0.39, 0.29) is 0 Å². The summed E-state index contributed by atoms with van der Waals surface area (Å²) in [5.74, 6) is -2.44. The number of aryl methyl sites for hydroxylation is 2. The lowest BCUT2D eigenvalue weighted by Crippen LogP contribution is -2.51. The number of carboxylic acid groups (broad SMARTS) is 1. The van der Waals surface area contributed by atoms with Crippen LogP contribution in [-0.4, -0.2) is 56.0 Å². The van der Waals surface area contributed by atoms with E-state index >= 15 is 0 Å². The van der Waals surface area contributed by atoms with E-state index in [4.69, 9.17) is 5.11 Å². The number of carbonyl (C=O) groups is 3. The zero-order valence-electron chi connectivity index (χ0n) is 14.3. The van der Waals surface area contributed by atoms with Crippen LogP contribution in [-0.2, 0) is 16.6 Å². The highest BCUT2D eigenvalue weighted by molar-refractivity contribution is 7.20. The van der Waals surface area contributed by atoms with Gasteiger partial charge in [-0.15, -0.1) is 11.3 Å². The largest absolute Gasteiger partial charge is 0.479 e. The van der Waals surface area contributed by atoms with Gasteiger partial charge in [0.25, 0.3) is 5.91 Å². The molecule has 2 heterocycles. The molecule has 0 radical (unpaired) electrons. The number of rotatable bonds is 6. The van der Waals surface area contributed by atoms with Gasteiger partial charge in [0.05, 0.1) is 17.1 Å². The first kappa shape index (κ1) is 18.9. The molecule has 2 unspecified atom stereocenters. The van der Waals surface area contributed by atoms with Crippen molar-refractivity contribution >= 4 is 39.3 Å². The summed E-state index contributed by atoms with van der Waals surface area (Å²) in [5.41, 5.74) is -1.26. The Kier molecular flexibility index (Phi) is 5.14. The van der Waals surface area contributed by atoms with E-state index in [9.17, 15) is 19.5 Å². The van der Waals surface area contributed by atoms with Gasteiger partial charge >= 0.3 is 5.97 Å². The maximum absolute atomic E-state index is 12.3. The molecule has 2 atom stereocenters. The average Bonchev–Trinajstić information content (AvgIpc) is 3.07. The van der Waals surface area contributed by atoms with Crippen LogP contribution >= 0.6 is 11.3 Å². The van der Waals surface area contributed by atoms with E-state index in [1.165, 1.54) is 18.3 Å². The second-order valence-electron chi connectivity index (χ2n) is 6.03. The molecular formula is C15H20N4O5S. The maximum atomic E-state index is 12.3. The number of amides is 2. The topological polar surface area (TPSA) is 134 Å². The molecule has 0 fully saturated rings. The van der Waals surface area contributed by atoms with Gasteiger partial charge in [-0.3, -0.25) is 14.3 Å². The molecule has 0 bridgehead atoms. The van der Waals surface area contributed by atoms with Crippen LogP contribution in [0, 0.1) is 6.92 Å². The Hall–Kier alpha value is -2.46. The molecule has 0 spiro atoms. The summed E-state index contributed by atoms with van der Waals surface area (Å²) in [4.78, 5) is 36.4. The first-order valence-electron chi connectivity index (χ1n) is 7.50. The highest BCUT2D eigenvalue weighted by Gasteiger charge is 2.31. The zero-order chi connectivity index (χ0) is 18.9. The highest BCUT2D eigenvalue weighted by Crippen LogP contribution is 2.27. The van der Waals surface area contributed by atoms with Crippen molar-refractivity contribution in [1.29, 1.82) is 0 Å². The summed E-state index contributed by atoms with van der Waals surface area (Å²) in [6, 6.07) is 0.832. The van der Waals surface area contributed by atoms with Gasteiger partial charge in [-0.25, -0.2) is 4.79 Å². The number of nitrogens with one attached hydrogen (secondary N) is 2.